The molecule has 3 nitrogen and oxygen atoms in total. The third-order valence-electron chi connectivity index (χ3n) is 3.01. The zero-order valence-corrected chi connectivity index (χ0v) is 10.4. The van der Waals surface area contributed by atoms with Crippen LogP contribution in [-0.4, -0.2) is 9.78 Å². The van der Waals surface area contributed by atoms with Gasteiger partial charge in [-0.05, 0) is 5.56 Å². The molecule has 0 saturated heterocycles. The molecule has 0 unspecified atom stereocenters. The summed E-state index contributed by atoms with van der Waals surface area (Å²) in [6.45, 7) is 0. The first-order valence-electron chi connectivity index (χ1n) is 6.00. The summed E-state index contributed by atoms with van der Waals surface area (Å²) >= 11 is 0. The van der Waals surface area contributed by atoms with Crippen LogP contribution in [0.1, 0.15) is 0 Å². The summed E-state index contributed by atoms with van der Waals surface area (Å²) < 4.78 is 28.1. The summed E-state index contributed by atoms with van der Waals surface area (Å²) in [6, 6.07) is 11.5. The van der Waals surface area contributed by atoms with Gasteiger partial charge in [0.2, 0.25) is 0 Å². The number of nitrogens with two attached hydrogens (primary N) is 1. The van der Waals surface area contributed by atoms with E-state index < -0.39 is 11.6 Å². The van der Waals surface area contributed by atoms with Crippen molar-refractivity contribution in [2.45, 2.75) is 0 Å². The zero-order valence-electron chi connectivity index (χ0n) is 10.4. The smallest absolute Gasteiger partial charge is 0.151 e. The van der Waals surface area contributed by atoms with Gasteiger partial charge in [-0.2, -0.15) is 5.10 Å². The van der Waals surface area contributed by atoms with E-state index >= 15 is 0 Å². The van der Waals surface area contributed by atoms with Gasteiger partial charge in [-0.25, -0.2) is 13.5 Å². The van der Waals surface area contributed by atoms with Crippen molar-refractivity contribution in [3.05, 3.63) is 66.5 Å². The predicted molar refractivity (Wildman–Crippen MR) is 73.3 cm³/mol. The third-order valence-corrected chi connectivity index (χ3v) is 3.01. The molecule has 0 spiro atoms. The number of hydrogen-bond acceptors (Lipinski definition) is 2. The van der Waals surface area contributed by atoms with Gasteiger partial charge in [-0.1, -0.05) is 30.3 Å². The third kappa shape index (κ3) is 2.14. The number of nitrogen functional groups attached to an aromatic ring is 1. The molecule has 0 radical (unpaired) electrons. The maximum absolute atomic E-state index is 13.4. The van der Waals surface area contributed by atoms with E-state index in [0.29, 0.717) is 0 Å². The predicted octanol–water partition coefficient (Wildman–Crippen LogP) is 3.40. The Kier molecular flexibility index (Phi) is 2.95. The van der Waals surface area contributed by atoms with Crippen LogP contribution in [0.3, 0.4) is 0 Å². The minimum atomic E-state index is -0.795. The summed E-state index contributed by atoms with van der Waals surface area (Å²) in [5, 5.41) is 4.11. The topological polar surface area (TPSA) is 43.8 Å². The first-order valence-corrected chi connectivity index (χ1v) is 6.00. The van der Waals surface area contributed by atoms with Gasteiger partial charge in [0.05, 0.1) is 17.6 Å². The van der Waals surface area contributed by atoms with Crippen molar-refractivity contribution in [1.82, 2.24) is 9.78 Å². The molecule has 0 aliphatic carbocycles. The van der Waals surface area contributed by atoms with Crippen LogP contribution in [0.15, 0.2) is 54.9 Å². The lowest BCUT2D eigenvalue weighted by atomic mass is 10.1. The van der Waals surface area contributed by atoms with Crippen LogP contribution in [0.4, 0.5) is 14.5 Å². The zero-order chi connectivity index (χ0) is 14.1. The maximum atomic E-state index is 13.4. The Hall–Kier alpha value is -2.69. The van der Waals surface area contributed by atoms with E-state index in [1.807, 2.05) is 30.3 Å². The van der Waals surface area contributed by atoms with Gasteiger partial charge in [-0.3, -0.25) is 0 Å². The minimum absolute atomic E-state index is 0.130. The summed E-state index contributed by atoms with van der Waals surface area (Å²) in [5.41, 5.74) is 7.49. The van der Waals surface area contributed by atoms with Crippen LogP contribution in [0.2, 0.25) is 0 Å². The van der Waals surface area contributed by atoms with Crippen molar-refractivity contribution in [2.75, 3.05) is 5.73 Å². The number of hydrogen-bond donors (Lipinski definition) is 1. The average Bonchev–Trinajstić information content (AvgIpc) is 2.93. The molecule has 0 aliphatic heterocycles. The van der Waals surface area contributed by atoms with Crippen LogP contribution >= 0.6 is 0 Å². The minimum Gasteiger partial charge on any atom is -0.395 e. The number of aromatic nitrogens is 2. The summed E-state index contributed by atoms with van der Waals surface area (Å²) in [5.74, 6) is -1.49. The number of rotatable bonds is 2. The normalized spacial score (nSPS) is 10.7. The second-order valence-corrected chi connectivity index (χ2v) is 4.36. The molecule has 100 valence electrons. The summed E-state index contributed by atoms with van der Waals surface area (Å²) in [4.78, 5) is 0. The molecule has 0 amide bonds. The van der Waals surface area contributed by atoms with Crippen LogP contribution in [0, 0.1) is 11.6 Å². The van der Waals surface area contributed by atoms with Crippen molar-refractivity contribution in [3.8, 4) is 16.8 Å². The van der Waals surface area contributed by atoms with Gasteiger partial charge < -0.3 is 5.73 Å². The SMILES string of the molecule is Nc1c(F)cc(F)cc1-n1cc(-c2ccccc2)cn1. The van der Waals surface area contributed by atoms with Crippen LogP contribution in [0.25, 0.3) is 16.8 Å². The second kappa shape index (κ2) is 4.77. The van der Waals surface area contributed by atoms with E-state index in [1.54, 1.807) is 12.4 Å². The Morgan fingerprint density at radius 3 is 2.50 bits per heavy atom. The Bertz CT molecular complexity index is 751. The highest BCUT2D eigenvalue weighted by molar-refractivity contribution is 5.64. The lowest BCUT2D eigenvalue weighted by Crippen LogP contribution is -2.03. The van der Waals surface area contributed by atoms with Gasteiger partial charge in [0.1, 0.15) is 5.82 Å². The Balaban J connectivity index is 2.07. The monoisotopic (exact) mass is 271 g/mol. The highest BCUT2D eigenvalue weighted by Gasteiger charge is 2.11. The number of anilines is 1. The fraction of sp³-hybridized carbons (Fsp3) is 0. The summed E-state index contributed by atoms with van der Waals surface area (Å²) in [6.07, 6.45) is 3.30. The van der Waals surface area contributed by atoms with E-state index in [0.717, 1.165) is 23.3 Å². The Morgan fingerprint density at radius 2 is 1.75 bits per heavy atom. The van der Waals surface area contributed by atoms with Crippen molar-refractivity contribution in [3.63, 3.8) is 0 Å². The molecule has 2 aromatic carbocycles. The molecule has 3 aromatic rings. The van der Waals surface area contributed by atoms with Gasteiger partial charge >= 0.3 is 0 Å². The molecule has 20 heavy (non-hydrogen) atoms. The molecule has 0 bridgehead atoms. The first kappa shape index (κ1) is 12.3. The molecule has 3 rings (SSSR count). The molecule has 0 saturated carbocycles. The van der Waals surface area contributed by atoms with E-state index in [1.165, 1.54) is 4.68 Å². The molecule has 1 aromatic heterocycles. The maximum Gasteiger partial charge on any atom is 0.151 e. The fourth-order valence-electron chi connectivity index (χ4n) is 1.99. The van der Waals surface area contributed by atoms with E-state index in [2.05, 4.69) is 5.10 Å². The number of benzene rings is 2. The standard InChI is InChI=1S/C15H11F2N3/c16-12-6-13(17)15(18)14(7-12)20-9-11(8-19-20)10-4-2-1-3-5-10/h1-9H,18H2. The fourth-order valence-corrected chi connectivity index (χ4v) is 1.99. The summed E-state index contributed by atoms with van der Waals surface area (Å²) in [7, 11) is 0. The van der Waals surface area contributed by atoms with Crippen molar-refractivity contribution < 1.29 is 8.78 Å². The van der Waals surface area contributed by atoms with Gasteiger partial charge in [0.15, 0.2) is 5.82 Å². The molecule has 1 heterocycles. The van der Waals surface area contributed by atoms with Crippen LogP contribution < -0.4 is 5.73 Å². The highest BCUT2D eigenvalue weighted by Crippen LogP contribution is 2.24. The Labute approximate surface area is 114 Å². The molecule has 2 N–H and O–H groups in total. The van der Waals surface area contributed by atoms with Gasteiger partial charge in [0, 0.05) is 23.9 Å². The van der Waals surface area contributed by atoms with E-state index in [9.17, 15) is 8.78 Å². The highest BCUT2D eigenvalue weighted by atomic mass is 19.1. The number of halogens is 2. The molecule has 0 aliphatic rings. The van der Waals surface area contributed by atoms with Crippen molar-refractivity contribution in [1.29, 1.82) is 0 Å². The molecular weight excluding hydrogens is 260 g/mol. The lowest BCUT2D eigenvalue weighted by molar-refractivity contribution is 0.583. The van der Waals surface area contributed by atoms with Crippen LogP contribution in [-0.2, 0) is 0 Å². The van der Waals surface area contributed by atoms with Gasteiger partial charge in [0.25, 0.3) is 0 Å². The molecule has 5 heteroatoms. The van der Waals surface area contributed by atoms with Crippen molar-refractivity contribution >= 4 is 5.69 Å². The van der Waals surface area contributed by atoms with E-state index in [-0.39, 0.29) is 11.4 Å². The average molecular weight is 271 g/mol. The molecule has 0 atom stereocenters. The lowest BCUT2D eigenvalue weighted by Gasteiger charge is -2.06. The van der Waals surface area contributed by atoms with Crippen molar-refractivity contribution in [2.24, 2.45) is 0 Å². The Morgan fingerprint density at radius 1 is 1.00 bits per heavy atom. The van der Waals surface area contributed by atoms with Gasteiger partial charge in [-0.15, -0.1) is 0 Å². The van der Waals surface area contributed by atoms with E-state index in [4.69, 9.17) is 5.73 Å². The number of nitrogens with zero attached hydrogens (tertiary/aromatic N) is 2. The largest absolute Gasteiger partial charge is 0.395 e. The quantitative estimate of drug-likeness (QED) is 0.726. The molecule has 0 fully saturated rings. The van der Waals surface area contributed by atoms with Crippen LogP contribution in [0.5, 0.6) is 0 Å². The first-order chi connectivity index (χ1) is 9.65. The second-order valence-electron chi connectivity index (χ2n) is 4.36. The molecular formula is C15H11F2N3.